The molecule has 1 aromatic rings. The third-order valence-corrected chi connectivity index (χ3v) is 5.96. The highest BCUT2D eigenvalue weighted by Gasteiger charge is 2.17. The molecule has 0 saturated carbocycles. The molecule has 1 aromatic carbocycles. The van der Waals surface area contributed by atoms with Crippen molar-refractivity contribution in [1.82, 2.24) is 0 Å². The molecule has 3 nitrogen and oxygen atoms in total. The molecule has 174 valence electrons. The normalized spacial score (nSPS) is 13.4. The summed E-state index contributed by atoms with van der Waals surface area (Å²) in [7, 11) is 0. The molecule has 0 saturated heterocycles. The molecule has 0 bridgehead atoms. The predicted octanol–water partition coefficient (Wildman–Crippen LogP) is 7.33. The standard InChI is InChI=1S/C26H38F2O3/c1-17(9-6-10-18(2)12-8-14-24(27)28)11-7-13-22(29)15-16-23-21(5)25(30)19(3)20(4)26(23)31/h10-11,14,22,29-31H,6-9,12-13,15-16H2,1-5H3/b17-11+,18-10+. The van der Waals surface area contributed by atoms with Crippen molar-refractivity contribution in [3.05, 3.63) is 57.7 Å². The third-order valence-electron chi connectivity index (χ3n) is 5.96. The highest BCUT2D eigenvalue weighted by molar-refractivity contribution is 5.56. The number of phenolic OH excluding ortho intramolecular Hbond substituents is 2. The maximum absolute atomic E-state index is 12.0. The number of hydrogen-bond acceptors (Lipinski definition) is 3. The van der Waals surface area contributed by atoms with Crippen LogP contribution in [0.15, 0.2) is 35.5 Å². The Balaban J connectivity index is 2.42. The van der Waals surface area contributed by atoms with Gasteiger partial charge < -0.3 is 15.3 Å². The van der Waals surface area contributed by atoms with E-state index in [0.717, 1.165) is 30.9 Å². The van der Waals surface area contributed by atoms with E-state index in [9.17, 15) is 24.1 Å². The smallest absolute Gasteiger partial charge is 0.266 e. The van der Waals surface area contributed by atoms with Crippen molar-refractivity contribution >= 4 is 0 Å². The van der Waals surface area contributed by atoms with Crippen molar-refractivity contribution in [2.45, 2.75) is 92.1 Å². The molecule has 0 aliphatic heterocycles. The van der Waals surface area contributed by atoms with E-state index in [1.54, 1.807) is 20.8 Å². The van der Waals surface area contributed by atoms with E-state index >= 15 is 0 Å². The Hall–Kier alpha value is -2.14. The second kappa shape index (κ2) is 13.3. The van der Waals surface area contributed by atoms with E-state index in [2.05, 4.69) is 19.1 Å². The number of phenols is 2. The van der Waals surface area contributed by atoms with E-state index in [4.69, 9.17) is 0 Å². The van der Waals surface area contributed by atoms with Crippen LogP contribution in [0.2, 0.25) is 0 Å². The fourth-order valence-corrected chi connectivity index (χ4v) is 3.63. The van der Waals surface area contributed by atoms with Crippen LogP contribution in [-0.2, 0) is 6.42 Å². The van der Waals surface area contributed by atoms with Gasteiger partial charge in [0.15, 0.2) is 0 Å². The molecule has 1 atom stereocenters. The summed E-state index contributed by atoms with van der Waals surface area (Å²) in [6.07, 6.45) is 8.38. The van der Waals surface area contributed by atoms with Crippen molar-refractivity contribution in [2.75, 3.05) is 0 Å². The minimum Gasteiger partial charge on any atom is -0.507 e. The van der Waals surface area contributed by atoms with Gasteiger partial charge in [-0.2, -0.15) is 8.78 Å². The Labute approximate surface area is 185 Å². The molecule has 1 rings (SSSR count). The Morgan fingerprint density at radius 1 is 0.774 bits per heavy atom. The topological polar surface area (TPSA) is 60.7 Å². The van der Waals surface area contributed by atoms with Gasteiger partial charge in [-0.25, -0.2) is 0 Å². The van der Waals surface area contributed by atoms with E-state index < -0.39 is 12.2 Å². The minimum absolute atomic E-state index is 0.213. The first-order valence-electron chi connectivity index (χ1n) is 11.1. The van der Waals surface area contributed by atoms with Crippen LogP contribution in [0.1, 0.15) is 81.0 Å². The second-order valence-electron chi connectivity index (χ2n) is 8.49. The van der Waals surface area contributed by atoms with E-state index in [1.165, 1.54) is 5.57 Å². The van der Waals surface area contributed by atoms with Gasteiger partial charge in [0.2, 0.25) is 0 Å². The van der Waals surface area contributed by atoms with Crippen molar-refractivity contribution in [1.29, 1.82) is 0 Å². The zero-order valence-corrected chi connectivity index (χ0v) is 19.6. The lowest BCUT2D eigenvalue weighted by atomic mass is 9.93. The molecule has 0 amide bonds. The van der Waals surface area contributed by atoms with Crippen LogP contribution in [0.4, 0.5) is 8.78 Å². The number of aromatic hydroxyl groups is 2. The summed E-state index contributed by atoms with van der Waals surface area (Å²) in [5, 5.41) is 30.9. The lowest BCUT2D eigenvalue weighted by Crippen LogP contribution is -2.08. The number of allylic oxidation sites excluding steroid dienone is 5. The van der Waals surface area contributed by atoms with Gasteiger partial charge in [0, 0.05) is 5.56 Å². The molecule has 0 aliphatic rings. The summed E-state index contributed by atoms with van der Waals surface area (Å²) < 4.78 is 24.1. The SMILES string of the molecule is C/C(=C\CC/C(C)=C/CCC(O)CCc1c(C)c(O)c(C)c(C)c1O)CCC=C(F)F. The van der Waals surface area contributed by atoms with Crippen LogP contribution < -0.4 is 0 Å². The van der Waals surface area contributed by atoms with Crippen molar-refractivity contribution in [3.63, 3.8) is 0 Å². The predicted molar refractivity (Wildman–Crippen MR) is 124 cm³/mol. The molecule has 0 aliphatic carbocycles. The monoisotopic (exact) mass is 436 g/mol. The summed E-state index contributed by atoms with van der Waals surface area (Å²) in [6, 6.07) is 0. The Morgan fingerprint density at radius 3 is 1.87 bits per heavy atom. The molecule has 0 heterocycles. The van der Waals surface area contributed by atoms with Gasteiger partial charge in [0.1, 0.15) is 11.5 Å². The highest BCUT2D eigenvalue weighted by atomic mass is 19.3. The molecule has 0 aromatic heterocycles. The number of hydrogen-bond donors (Lipinski definition) is 3. The molecule has 3 N–H and O–H groups in total. The van der Waals surface area contributed by atoms with Crippen molar-refractivity contribution in [2.24, 2.45) is 0 Å². The highest BCUT2D eigenvalue weighted by Crippen LogP contribution is 2.37. The van der Waals surface area contributed by atoms with Crippen LogP contribution in [0.25, 0.3) is 0 Å². The summed E-state index contributed by atoms with van der Waals surface area (Å²) >= 11 is 0. The molecule has 0 radical (unpaired) electrons. The van der Waals surface area contributed by atoms with Gasteiger partial charge in [0.25, 0.3) is 6.08 Å². The van der Waals surface area contributed by atoms with Crippen LogP contribution in [-0.4, -0.2) is 21.4 Å². The first kappa shape index (κ1) is 26.9. The molecule has 0 fully saturated rings. The lowest BCUT2D eigenvalue weighted by molar-refractivity contribution is 0.155. The number of halogens is 2. The minimum atomic E-state index is -1.62. The fourth-order valence-electron chi connectivity index (χ4n) is 3.63. The number of aliphatic hydroxyl groups is 1. The lowest BCUT2D eigenvalue weighted by Gasteiger charge is -2.17. The molecule has 5 heteroatoms. The quantitative estimate of drug-likeness (QED) is 0.237. The first-order chi connectivity index (χ1) is 14.5. The van der Waals surface area contributed by atoms with Crippen molar-refractivity contribution in [3.8, 4) is 11.5 Å². The number of benzene rings is 1. The maximum atomic E-state index is 12.0. The summed E-state index contributed by atoms with van der Waals surface area (Å²) in [4.78, 5) is 0. The van der Waals surface area contributed by atoms with E-state index in [-0.39, 0.29) is 11.5 Å². The van der Waals surface area contributed by atoms with Gasteiger partial charge in [-0.1, -0.05) is 23.3 Å². The van der Waals surface area contributed by atoms with Crippen LogP contribution in [0, 0.1) is 20.8 Å². The first-order valence-corrected chi connectivity index (χ1v) is 11.1. The molecular formula is C26H38F2O3. The molecule has 0 spiro atoms. The second-order valence-corrected chi connectivity index (χ2v) is 8.49. The van der Waals surface area contributed by atoms with Gasteiger partial charge in [-0.15, -0.1) is 0 Å². The summed E-state index contributed by atoms with van der Waals surface area (Å²) in [5.41, 5.74) is 5.13. The summed E-state index contributed by atoms with van der Waals surface area (Å²) in [5.74, 6) is 0.429. The molecule has 1 unspecified atom stereocenters. The van der Waals surface area contributed by atoms with Gasteiger partial charge in [-0.05, 0) is 109 Å². The van der Waals surface area contributed by atoms with Gasteiger partial charge >= 0.3 is 0 Å². The number of aliphatic hydroxyl groups excluding tert-OH is 1. The zero-order valence-electron chi connectivity index (χ0n) is 19.6. The van der Waals surface area contributed by atoms with E-state index in [0.29, 0.717) is 54.4 Å². The average molecular weight is 437 g/mol. The fraction of sp³-hybridized carbons (Fsp3) is 0.538. The number of rotatable bonds is 12. The van der Waals surface area contributed by atoms with Crippen LogP contribution >= 0.6 is 0 Å². The average Bonchev–Trinajstić information content (AvgIpc) is 2.70. The Bertz CT molecular complexity index is 789. The maximum Gasteiger partial charge on any atom is 0.266 e. The summed E-state index contributed by atoms with van der Waals surface area (Å²) in [6.45, 7) is 9.40. The van der Waals surface area contributed by atoms with Crippen molar-refractivity contribution < 1.29 is 24.1 Å². The van der Waals surface area contributed by atoms with Crippen LogP contribution in [0.3, 0.4) is 0 Å². The van der Waals surface area contributed by atoms with Gasteiger partial charge in [0.05, 0.1) is 6.10 Å². The largest absolute Gasteiger partial charge is 0.507 e. The third kappa shape index (κ3) is 9.26. The van der Waals surface area contributed by atoms with Gasteiger partial charge in [-0.3, -0.25) is 0 Å². The Kier molecular flexibility index (Phi) is 11.5. The molecular weight excluding hydrogens is 398 g/mol. The molecule has 31 heavy (non-hydrogen) atoms. The zero-order chi connectivity index (χ0) is 23.6. The van der Waals surface area contributed by atoms with Crippen LogP contribution in [0.5, 0.6) is 11.5 Å². The Morgan fingerprint density at radius 2 is 1.29 bits per heavy atom. The van der Waals surface area contributed by atoms with E-state index in [1.807, 2.05) is 6.92 Å².